The Labute approximate surface area is 81.5 Å². The summed E-state index contributed by atoms with van der Waals surface area (Å²) in [5.41, 5.74) is 1.13. The van der Waals surface area contributed by atoms with Crippen LogP contribution in [0.15, 0.2) is 15.3 Å². The molecular weight excluding hydrogens is 614 g/mol. The Morgan fingerprint density at radius 2 is 2.00 bits per heavy atom. The van der Waals surface area contributed by atoms with Crippen molar-refractivity contribution in [1.82, 2.24) is 0 Å². The van der Waals surface area contributed by atoms with Crippen molar-refractivity contribution in [3.05, 3.63) is 11.8 Å². The van der Waals surface area contributed by atoms with Gasteiger partial charge >= 0.3 is 82.4 Å². The Balaban J connectivity index is 4.05. The van der Waals surface area contributed by atoms with E-state index in [9.17, 15) is 0 Å². The van der Waals surface area contributed by atoms with E-state index >= 15 is 0 Å². The maximum absolute atomic E-state index is 4.09. The third-order valence-corrected chi connectivity index (χ3v) is 2.58. The van der Waals surface area contributed by atoms with Crippen LogP contribution in [0.5, 0.6) is 0 Å². The maximum atomic E-state index is 4.09. The van der Waals surface area contributed by atoms with Crippen LogP contribution in [0, 0.1) is 0 Å². The second kappa shape index (κ2) is 6.46. The first-order valence-corrected chi connectivity index (χ1v) is 6.49. The molecule has 0 radical (unpaired) electrons. The van der Waals surface area contributed by atoms with E-state index in [0.717, 1.165) is 5.70 Å². The quantitative estimate of drug-likeness (QED) is 0.433. The van der Waals surface area contributed by atoms with Gasteiger partial charge in [-0.25, -0.2) is 0 Å². The van der Waals surface area contributed by atoms with Crippen LogP contribution in [0.1, 0.15) is 0 Å². The number of rotatable bonds is 3. The Bertz CT molecular complexity index is 128. The van der Waals surface area contributed by atoms with Crippen molar-refractivity contribution >= 4 is 8.80 Å². The molecule has 1 nitrogen and oxygen atoms in total. The molecule has 0 N–H and O–H groups in total. The summed E-state index contributed by atoms with van der Waals surface area (Å²) in [5, 5.41) is 0. The minimum absolute atomic E-state index is 1.13. The van der Waals surface area contributed by atoms with E-state index in [1.807, 2.05) is 0 Å². The van der Waals surface area contributed by atoms with Gasteiger partial charge in [0.25, 0.3) is 0 Å². The molecule has 0 heterocycles. The zero-order valence-corrected chi connectivity index (χ0v) is 12.7. The van der Waals surface area contributed by atoms with E-state index in [4.69, 9.17) is 0 Å². The van der Waals surface area contributed by atoms with E-state index in [1.165, 1.54) is 58.3 Å². The molecule has 4 heteroatoms. The fourth-order valence-electron chi connectivity index (χ4n) is 0.161. The molecule has 0 aromatic carbocycles. The van der Waals surface area contributed by atoms with Gasteiger partial charge in [-0.15, -0.1) is 0 Å². The van der Waals surface area contributed by atoms with Gasteiger partial charge in [0.05, 0.1) is 0 Å². The average Bonchev–Trinajstić information content (AvgIpc) is 1.83. The minimum atomic E-state index is 1.13. The normalized spacial score (nSPS) is 10.2. The van der Waals surface area contributed by atoms with Gasteiger partial charge in [-0.05, 0) is 0 Å². The Hall–Kier alpha value is 1.34. The van der Waals surface area contributed by atoms with Gasteiger partial charge in [-0.3, -0.25) is 0 Å². The first-order chi connectivity index (χ1) is 3.85. The summed E-state index contributed by atoms with van der Waals surface area (Å²) in [6.45, 7) is 0. The SMILES string of the molecule is [W]=[CH]/C=C(\[CH]=[W])[N]=[W]. The number of hydrogen-bond acceptors (Lipinski definition) is 1. The monoisotopic (exact) mass is 617 g/mol. The summed E-state index contributed by atoms with van der Waals surface area (Å²) in [6, 6.07) is 0. The third kappa shape index (κ3) is 4.25. The molecule has 8 heavy (non-hydrogen) atoms. The van der Waals surface area contributed by atoms with Gasteiger partial charge in [0.2, 0.25) is 0 Å². The molecule has 0 saturated heterocycles. The molecule has 0 aliphatic rings. The van der Waals surface area contributed by atoms with E-state index in [-0.39, 0.29) is 0 Å². The van der Waals surface area contributed by atoms with Crippen LogP contribution in [0.3, 0.4) is 0 Å². The topological polar surface area (TPSA) is 12.4 Å². The van der Waals surface area contributed by atoms with Crippen LogP contribution in [-0.4, -0.2) is 8.80 Å². The van der Waals surface area contributed by atoms with Crippen LogP contribution in [0.4, 0.5) is 0 Å². The van der Waals surface area contributed by atoms with Crippen molar-refractivity contribution in [3.8, 4) is 0 Å². The van der Waals surface area contributed by atoms with Crippen LogP contribution in [-0.2, 0) is 58.3 Å². The van der Waals surface area contributed by atoms with E-state index < -0.39 is 0 Å². The second-order valence-corrected chi connectivity index (χ2v) is 3.42. The molecule has 0 unspecified atom stereocenters. The number of hydrogen-bond donors (Lipinski definition) is 0. The zero-order valence-electron chi connectivity index (χ0n) is 3.90. The molecule has 0 aromatic rings. The van der Waals surface area contributed by atoms with Crippen LogP contribution in [0.25, 0.3) is 0 Å². The summed E-state index contributed by atoms with van der Waals surface area (Å²) in [5.74, 6) is 0. The van der Waals surface area contributed by atoms with E-state index in [2.05, 4.69) is 18.4 Å². The molecule has 0 aliphatic heterocycles. The van der Waals surface area contributed by atoms with Gasteiger partial charge in [0.15, 0.2) is 0 Å². The average molecular weight is 617 g/mol. The summed E-state index contributed by atoms with van der Waals surface area (Å²) >= 11 is 4.22. The standard InChI is InChI=1S/C4H3N.3W/c1-3-4(2)5;;;/h1-3H;;;/b4-3+;;;. The molecule has 42 valence electrons. The predicted molar refractivity (Wildman–Crippen MR) is 22.6 cm³/mol. The zero-order chi connectivity index (χ0) is 6.41. The molecule has 0 bridgehead atoms. The molecule has 0 atom stereocenters. The predicted octanol–water partition coefficient (Wildman–Crippen LogP) is 0.299. The Morgan fingerprint density at radius 1 is 1.38 bits per heavy atom. The fourth-order valence-corrected chi connectivity index (χ4v) is 2.58. The molecule has 0 rings (SSSR count). The van der Waals surface area contributed by atoms with Gasteiger partial charge in [-0.2, -0.15) is 0 Å². The van der Waals surface area contributed by atoms with Crippen molar-refractivity contribution in [2.75, 3.05) is 0 Å². The molecule has 0 saturated carbocycles. The number of nitrogens with zero attached hydrogens (tertiary/aromatic N) is 1. The van der Waals surface area contributed by atoms with Gasteiger partial charge < -0.3 is 0 Å². The fraction of sp³-hybridized carbons (Fsp3) is 0. The van der Waals surface area contributed by atoms with Gasteiger partial charge in [0, 0.05) is 0 Å². The van der Waals surface area contributed by atoms with Crippen molar-refractivity contribution in [2.24, 2.45) is 3.50 Å². The van der Waals surface area contributed by atoms with Crippen molar-refractivity contribution in [2.45, 2.75) is 0 Å². The Kier molecular flexibility index (Phi) is 7.55. The van der Waals surface area contributed by atoms with E-state index in [1.54, 1.807) is 0 Å². The van der Waals surface area contributed by atoms with E-state index in [0.29, 0.717) is 0 Å². The number of allylic oxidation sites excluding steroid dienone is 2. The van der Waals surface area contributed by atoms with Crippen molar-refractivity contribution in [3.63, 3.8) is 0 Å². The molecule has 0 aliphatic carbocycles. The summed E-state index contributed by atoms with van der Waals surface area (Å²) in [6.07, 6.45) is 2.05. The molecule has 0 aromatic heterocycles. The second-order valence-electron chi connectivity index (χ2n) is 0.937. The molecule has 0 spiro atoms. The molecular formula is C4H3NW3. The summed E-state index contributed by atoms with van der Waals surface area (Å²) < 4.78 is 8.26. The third-order valence-electron chi connectivity index (χ3n) is 0.465. The molecule has 0 fully saturated rings. The van der Waals surface area contributed by atoms with Crippen molar-refractivity contribution in [1.29, 1.82) is 0 Å². The molecule has 0 amide bonds. The van der Waals surface area contributed by atoms with Gasteiger partial charge in [-0.1, -0.05) is 0 Å². The summed E-state index contributed by atoms with van der Waals surface area (Å²) in [4.78, 5) is 0. The van der Waals surface area contributed by atoms with Crippen LogP contribution < -0.4 is 0 Å². The summed E-state index contributed by atoms with van der Waals surface area (Å²) in [7, 11) is 0. The first-order valence-electron chi connectivity index (χ1n) is 1.79. The van der Waals surface area contributed by atoms with Crippen LogP contribution >= 0.6 is 0 Å². The van der Waals surface area contributed by atoms with Crippen molar-refractivity contribution < 1.29 is 58.3 Å². The Morgan fingerprint density at radius 3 is 2.12 bits per heavy atom. The van der Waals surface area contributed by atoms with Crippen LogP contribution in [0.2, 0.25) is 0 Å². The van der Waals surface area contributed by atoms with Gasteiger partial charge in [0.1, 0.15) is 0 Å². The first kappa shape index (κ1) is 9.34.